The van der Waals surface area contributed by atoms with Crippen molar-refractivity contribution in [3.8, 4) is 10.6 Å². The summed E-state index contributed by atoms with van der Waals surface area (Å²) in [4.78, 5) is 3.73. The Balaban J connectivity index is 1.80. The summed E-state index contributed by atoms with van der Waals surface area (Å²) in [7, 11) is 1.99. The quantitative estimate of drug-likeness (QED) is 0.871. The predicted molar refractivity (Wildman–Crippen MR) is 81.8 cm³/mol. The monoisotopic (exact) mass is 291 g/mol. The zero-order valence-corrected chi connectivity index (χ0v) is 12.9. The van der Waals surface area contributed by atoms with Crippen LogP contribution >= 0.6 is 11.3 Å². The molecule has 1 unspecified atom stereocenters. The van der Waals surface area contributed by atoms with Crippen molar-refractivity contribution in [2.75, 3.05) is 19.7 Å². The number of nitrogens with zero attached hydrogens (tertiary/aromatic N) is 3. The van der Waals surface area contributed by atoms with Crippen molar-refractivity contribution < 1.29 is 4.74 Å². The summed E-state index contributed by atoms with van der Waals surface area (Å²) in [6, 6.07) is 4.23. The Bertz CT molecular complexity index is 549. The molecule has 0 amide bonds. The van der Waals surface area contributed by atoms with Crippen LogP contribution in [0.4, 0.5) is 0 Å². The molecule has 108 valence electrons. The topological polar surface area (TPSA) is 30.3 Å². The van der Waals surface area contributed by atoms with Crippen LogP contribution in [0.25, 0.3) is 10.6 Å². The summed E-state index contributed by atoms with van der Waals surface area (Å²) in [5.41, 5.74) is 2.43. The molecule has 1 saturated heterocycles. The van der Waals surface area contributed by atoms with E-state index in [4.69, 9.17) is 4.74 Å². The normalized spacial score (nSPS) is 21.0. The Morgan fingerprint density at radius 1 is 1.50 bits per heavy atom. The molecule has 1 aliphatic rings. The van der Waals surface area contributed by atoms with Crippen molar-refractivity contribution >= 4 is 11.3 Å². The van der Waals surface area contributed by atoms with Gasteiger partial charge in [0, 0.05) is 45.0 Å². The number of ether oxygens (including phenoxy) is 1. The van der Waals surface area contributed by atoms with Gasteiger partial charge in [0.25, 0.3) is 0 Å². The minimum atomic E-state index is 0.319. The van der Waals surface area contributed by atoms with Gasteiger partial charge in [0.15, 0.2) is 0 Å². The summed E-state index contributed by atoms with van der Waals surface area (Å²) in [6.45, 7) is 6.08. The first kappa shape index (κ1) is 13.8. The third-order valence-electron chi connectivity index (χ3n) is 3.59. The fraction of sp³-hybridized carbons (Fsp3) is 0.533. The second-order valence-corrected chi connectivity index (χ2v) is 6.37. The molecule has 0 spiro atoms. The van der Waals surface area contributed by atoms with E-state index >= 15 is 0 Å². The third kappa shape index (κ3) is 3.11. The number of aryl methyl sites for hydroxylation is 1. The Hall–Kier alpha value is -1.17. The van der Waals surface area contributed by atoms with Gasteiger partial charge >= 0.3 is 0 Å². The Kier molecular flexibility index (Phi) is 4.19. The van der Waals surface area contributed by atoms with E-state index < -0.39 is 0 Å². The van der Waals surface area contributed by atoms with E-state index in [1.54, 1.807) is 11.3 Å². The van der Waals surface area contributed by atoms with Crippen LogP contribution in [0.2, 0.25) is 0 Å². The van der Waals surface area contributed by atoms with Gasteiger partial charge in [0.2, 0.25) is 0 Å². The van der Waals surface area contributed by atoms with Crippen LogP contribution in [0.15, 0.2) is 23.7 Å². The molecule has 1 atom stereocenters. The smallest absolute Gasteiger partial charge is 0.107 e. The summed E-state index contributed by atoms with van der Waals surface area (Å²) in [5, 5.41) is 6.74. The number of rotatable bonds is 3. The van der Waals surface area contributed by atoms with Gasteiger partial charge in [-0.25, -0.2) is 0 Å². The molecule has 3 rings (SSSR count). The highest BCUT2D eigenvalue weighted by molar-refractivity contribution is 7.13. The minimum Gasteiger partial charge on any atom is -0.377 e. The summed E-state index contributed by atoms with van der Waals surface area (Å²) >= 11 is 1.75. The Morgan fingerprint density at radius 2 is 2.40 bits per heavy atom. The van der Waals surface area contributed by atoms with Crippen LogP contribution in [0, 0.1) is 0 Å². The van der Waals surface area contributed by atoms with Crippen molar-refractivity contribution in [2.45, 2.75) is 26.0 Å². The van der Waals surface area contributed by atoms with E-state index in [2.05, 4.69) is 40.6 Å². The summed E-state index contributed by atoms with van der Waals surface area (Å²) < 4.78 is 7.64. The minimum absolute atomic E-state index is 0.319. The SMILES string of the molecule is CC1CN(Cc2cn(C)nc2-c2cccs2)CCCO1. The molecule has 0 radical (unpaired) electrons. The van der Waals surface area contributed by atoms with Crippen molar-refractivity contribution in [1.82, 2.24) is 14.7 Å². The Morgan fingerprint density at radius 3 is 3.20 bits per heavy atom. The predicted octanol–water partition coefficient (Wildman–Crippen LogP) is 2.76. The van der Waals surface area contributed by atoms with Crippen LogP contribution in [0.1, 0.15) is 18.9 Å². The molecule has 20 heavy (non-hydrogen) atoms. The fourth-order valence-electron chi connectivity index (χ4n) is 2.74. The van der Waals surface area contributed by atoms with Crippen LogP contribution < -0.4 is 0 Å². The maximum atomic E-state index is 5.72. The molecule has 3 heterocycles. The van der Waals surface area contributed by atoms with Gasteiger partial charge < -0.3 is 4.74 Å². The molecule has 0 saturated carbocycles. The maximum absolute atomic E-state index is 5.72. The lowest BCUT2D eigenvalue weighted by atomic mass is 10.2. The number of aromatic nitrogens is 2. The van der Waals surface area contributed by atoms with Crippen molar-refractivity contribution in [1.29, 1.82) is 0 Å². The van der Waals surface area contributed by atoms with Crippen molar-refractivity contribution in [3.05, 3.63) is 29.3 Å². The van der Waals surface area contributed by atoms with E-state index in [0.29, 0.717) is 6.10 Å². The van der Waals surface area contributed by atoms with E-state index in [0.717, 1.165) is 38.4 Å². The van der Waals surface area contributed by atoms with Gasteiger partial charge in [0.1, 0.15) is 5.69 Å². The second-order valence-electron chi connectivity index (χ2n) is 5.42. The van der Waals surface area contributed by atoms with E-state index in [-0.39, 0.29) is 0 Å². The first-order chi connectivity index (χ1) is 9.72. The van der Waals surface area contributed by atoms with Gasteiger partial charge in [0.05, 0.1) is 11.0 Å². The van der Waals surface area contributed by atoms with Crippen LogP contribution in [0.3, 0.4) is 0 Å². The lowest BCUT2D eigenvalue weighted by Crippen LogP contribution is -2.29. The average molecular weight is 291 g/mol. The third-order valence-corrected chi connectivity index (χ3v) is 4.47. The molecular formula is C15H21N3OS. The lowest BCUT2D eigenvalue weighted by Gasteiger charge is -2.21. The van der Waals surface area contributed by atoms with E-state index in [9.17, 15) is 0 Å². The van der Waals surface area contributed by atoms with Gasteiger partial charge in [-0.05, 0) is 24.8 Å². The molecule has 5 heteroatoms. The molecule has 0 aromatic carbocycles. The molecule has 0 N–H and O–H groups in total. The summed E-state index contributed by atoms with van der Waals surface area (Å²) in [5.74, 6) is 0. The molecular weight excluding hydrogens is 270 g/mol. The molecule has 1 fully saturated rings. The first-order valence-electron chi connectivity index (χ1n) is 7.13. The van der Waals surface area contributed by atoms with Gasteiger partial charge in [-0.3, -0.25) is 9.58 Å². The molecule has 0 bridgehead atoms. The lowest BCUT2D eigenvalue weighted by molar-refractivity contribution is 0.0668. The van der Waals surface area contributed by atoms with Crippen LogP contribution in [0.5, 0.6) is 0 Å². The zero-order chi connectivity index (χ0) is 13.9. The molecule has 2 aromatic heterocycles. The molecule has 0 aliphatic carbocycles. The van der Waals surface area contributed by atoms with Crippen LogP contribution in [-0.2, 0) is 18.3 Å². The number of hydrogen-bond donors (Lipinski definition) is 0. The highest BCUT2D eigenvalue weighted by atomic mass is 32.1. The van der Waals surface area contributed by atoms with Gasteiger partial charge in [-0.15, -0.1) is 11.3 Å². The average Bonchev–Trinajstić information content (AvgIpc) is 2.99. The second kappa shape index (κ2) is 6.08. The fourth-order valence-corrected chi connectivity index (χ4v) is 3.48. The highest BCUT2D eigenvalue weighted by Crippen LogP contribution is 2.27. The largest absolute Gasteiger partial charge is 0.377 e. The Labute approximate surface area is 124 Å². The first-order valence-corrected chi connectivity index (χ1v) is 8.00. The number of thiophene rings is 1. The van der Waals surface area contributed by atoms with Crippen LogP contribution in [-0.4, -0.2) is 40.5 Å². The molecule has 1 aliphatic heterocycles. The van der Waals surface area contributed by atoms with Crippen molar-refractivity contribution in [2.24, 2.45) is 7.05 Å². The highest BCUT2D eigenvalue weighted by Gasteiger charge is 2.18. The maximum Gasteiger partial charge on any atom is 0.107 e. The number of hydrogen-bond acceptors (Lipinski definition) is 4. The zero-order valence-electron chi connectivity index (χ0n) is 12.1. The van der Waals surface area contributed by atoms with Gasteiger partial charge in [-0.2, -0.15) is 5.10 Å². The molecule has 2 aromatic rings. The van der Waals surface area contributed by atoms with E-state index in [1.807, 2.05) is 11.7 Å². The summed E-state index contributed by atoms with van der Waals surface area (Å²) in [6.07, 6.45) is 3.57. The molecule has 4 nitrogen and oxygen atoms in total. The van der Waals surface area contributed by atoms with E-state index in [1.165, 1.54) is 10.4 Å². The van der Waals surface area contributed by atoms with Crippen molar-refractivity contribution in [3.63, 3.8) is 0 Å². The standard InChI is InChI=1S/C15H21N3OS/c1-12-9-18(6-4-7-19-12)11-13-10-17(2)16-15(13)14-5-3-8-20-14/h3,5,8,10,12H,4,6-7,9,11H2,1-2H3. The van der Waals surface area contributed by atoms with Gasteiger partial charge in [-0.1, -0.05) is 6.07 Å².